The molecule has 2 aliphatic rings. The van der Waals surface area contributed by atoms with Crippen molar-refractivity contribution in [3.63, 3.8) is 0 Å². The van der Waals surface area contributed by atoms with Crippen LogP contribution in [-0.4, -0.2) is 12.6 Å². The minimum atomic E-state index is 0.386. The first-order chi connectivity index (χ1) is 8.78. The Morgan fingerprint density at radius 2 is 2.22 bits per heavy atom. The van der Waals surface area contributed by atoms with Crippen LogP contribution in [0.3, 0.4) is 0 Å². The minimum absolute atomic E-state index is 0.386. The van der Waals surface area contributed by atoms with Crippen LogP contribution in [0.1, 0.15) is 44.2 Å². The van der Waals surface area contributed by atoms with Gasteiger partial charge in [0.15, 0.2) is 0 Å². The predicted octanol–water partition coefficient (Wildman–Crippen LogP) is 3.94. The molecule has 0 aromatic heterocycles. The lowest BCUT2D eigenvalue weighted by atomic mass is 9.77. The third-order valence-electron chi connectivity index (χ3n) is 4.22. The molecule has 2 unspecified atom stereocenters. The fourth-order valence-electron chi connectivity index (χ4n) is 3.01. The molecule has 3 rings (SSSR count). The van der Waals surface area contributed by atoms with Gasteiger partial charge in [0, 0.05) is 23.0 Å². The summed E-state index contributed by atoms with van der Waals surface area (Å²) in [4.78, 5) is 0. The van der Waals surface area contributed by atoms with Gasteiger partial charge in [-0.2, -0.15) is 0 Å². The fourth-order valence-corrected chi connectivity index (χ4v) is 3.19. The molecule has 98 valence electrons. The van der Waals surface area contributed by atoms with Crippen LogP contribution in [0.4, 0.5) is 0 Å². The lowest BCUT2D eigenvalue weighted by Crippen LogP contribution is -2.39. The second kappa shape index (κ2) is 5.10. The van der Waals surface area contributed by atoms with E-state index < -0.39 is 0 Å². The zero-order valence-corrected chi connectivity index (χ0v) is 11.5. The molecule has 1 aromatic carbocycles. The summed E-state index contributed by atoms with van der Waals surface area (Å²) in [6.45, 7) is 3.13. The zero-order valence-electron chi connectivity index (χ0n) is 10.8. The van der Waals surface area contributed by atoms with E-state index in [1.165, 1.54) is 24.8 Å². The number of halogens is 1. The standard InChI is InChI=1S/C15H20ClNO/c1-2-17-13-9-15(10-4-3-5-10)18-14-7-6-11(16)8-12(13)14/h6-8,10,13,15,17H,2-5,9H2,1H3. The molecule has 1 aromatic rings. The smallest absolute Gasteiger partial charge is 0.124 e. The number of nitrogens with one attached hydrogen (secondary N) is 1. The van der Waals surface area contributed by atoms with Gasteiger partial charge < -0.3 is 10.1 Å². The van der Waals surface area contributed by atoms with Crippen molar-refractivity contribution in [2.75, 3.05) is 6.54 Å². The molecule has 0 spiro atoms. The summed E-state index contributed by atoms with van der Waals surface area (Å²) in [7, 11) is 0. The molecule has 0 radical (unpaired) electrons. The Hall–Kier alpha value is -0.730. The van der Waals surface area contributed by atoms with Crippen LogP contribution in [0.2, 0.25) is 5.02 Å². The third-order valence-corrected chi connectivity index (χ3v) is 4.45. The van der Waals surface area contributed by atoms with E-state index in [-0.39, 0.29) is 0 Å². The van der Waals surface area contributed by atoms with Gasteiger partial charge in [0.25, 0.3) is 0 Å². The molecule has 3 heteroatoms. The highest BCUT2D eigenvalue weighted by atomic mass is 35.5. The summed E-state index contributed by atoms with van der Waals surface area (Å²) in [5.41, 5.74) is 1.22. The molecule has 1 aliphatic carbocycles. The molecule has 1 heterocycles. The number of hydrogen-bond donors (Lipinski definition) is 1. The molecule has 1 saturated carbocycles. The van der Waals surface area contributed by atoms with Gasteiger partial charge in [0.1, 0.15) is 11.9 Å². The van der Waals surface area contributed by atoms with Crippen LogP contribution in [0.5, 0.6) is 5.75 Å². The van der Waals surface area contributed by atoms with E-state index >= 15 is 0 Å². The SMILES string of the molecule is CCNC1CC(C2CCC2)Oc2ccc(Cl)cc21. The first-order valence-electron chi connectivity index (χ1n) is 6.97. The Balaban J connectivity index is 1.86. The maximum atomic E-state index is 6.17. The highest BCUT2D eigenvalue weighted by molar-refractivity contribution is 6.30. The van der Waals surface area contributed by atoms with E-state index in [1.54, 1.807) is 0 Å². The summed E-state index contributed by atoms with van der Waals surface area (Å²) in [6.07, 6.45) is 5.48. The van der Waals surface area contributed by atoms with Gasteiger partial charge in [-0.15, -0.1) is 0 Å². The van der Waals surface area contributed by atoms with Gasteiger partial charge >= 0.3 is 0 Å². The largest absolute Gasteiger partial charge is 0.490 e. The van der Waals surface area contributed by atoms with Gasteiger partial charge in [0.05, 0.1) is 0 Å². The van der Waals surface area contributed by atoms with E-state index in [0.29, 0.717) is 12.1 Å². The fraction of sp³-hybridized carbons (Fsp3) is 0.600. The molecule has 0 saturated heterocycles. The normalized spacial score (nSPS) is 27.2. The monoisotopic (exact) mass is 265 g/mol. The quantitative estimate of drug-likeness (QED) is 0.894. The first kappa shape index (κ1) is 12.3. The van der Waals surface area contributed by atoms with E-state index in [4.69, 9.17) is 16.3 Å². The molecule has 1 N–H and O–H groups in total. The van der Waals surface area contributed by atoms with Gasteiger partial charge in [-0.25, -0.2) is 0 Å². The van der Waals surface area contributed by atoms with Gasteiger partial charge in [-0.1, -0.05) is 24.9 Å². The number of ether oxygens (including phenoxy) is 1. The van der Waals surface area contributed by atoms with Crippen molar-refractivity contribution in [3.05, 3.63) is 28.8 Å². The van der Waals surface area contributed by atoms with Crippen molar-refractivity contribution in [2.45, 2.75) is 44.8 Å². The summed E-state index contributed by atoms with van der Waals surface area (Å²) in [5.74, 6) is 1.78. The topological polar surface area (TPSA) is 21.3 Å². The molecular formula is C15H20ClNO. The Kier molecular flexibility index (Phi) is 3.49. The van der Waals surface area contributed by atoms with Crippen LogP contribution in [0.15, 0.2) is 18.2 Å². The van der Waals surface area contributed by atoms with Gasteiger partial charge in [-0.05, 0) is 43.5 Å². The number of benzene rings is 1. The summed E-state index contributed by atoms with van der Waals surface area (Å²) < 4.78 is 6.17. The second-order valence-corrected chi connectivity index (χ2v) is 5.81. The molecule has 1 fully saturated rings. The van der Waals surface area contributed by atoms with Crippen LogP contribution < -0.4 is 10.1 Å². The summed E-state index contributed by atoms with van der Waals surface area (Å²) in [6, 6.07) is 6.38. The van der Waals surface area contributed by atoms with Crippen molar-refractivity contribution < 1.29 is 4.74 Å². The predicted molar refractivity (Wildman–Crippen MR) is 74.2 cm³/mol. The average Bonchev–Trinajstić information content (AvgIpc) is 2.28. The maximum absolute atomic E-state index is 6.17. The van der Waals surface area contributed by atoms with Crippen molar-refractivity contribution in [1.82, 2.24) is 5.32 Å². The highest BCUT2D eigenvalue weighted by Crippen LogP contribution is 2.42. The highest BCUT2D eigenvalue weighted by Gasteiger charge is 2.35. The lowest BCUT2D eigenvalue weighted by Gasteiger charge is -2.40. The number of rotatable bonds is 3. The van der Waals surface area contributed by atoms with Gasteiger partial charge in [0.2, 0.25) is 0 Å². The van der Waals surface area contributed by atoms with E-state index in [1.807, 2.05) is 18.2 Å². The van der Waals surface area contributed by atoms with Crippen molar-refractivity contribution in [3.8, 4) is 5.75 Å². The van der Waals surface area contributed by atoms with Crippen molar-refractivity contribution in [2.24, 2.45) is 5.92 Å². The van der Waals surface area contributed by atoms with Crippen LogP contribution in [-0.2, 0) is 0 Å². The van der Waals surface area contributed by atoms with Crippen molar-refractivity contribution >= 4 is 11.6 Å². The second-order valence-electron chi connectivity index (χ2n) is 5.38. The van der Waals surface area contributed by atoms with Crippen molar-refractivity contribution in [1.29, 1.82) is 0 Å². The molecule has 18 heavy (non-hydrogen) atoms. The maximum Gasteiger partial charge on any atom is 0.124 e. The molecule has 2 atom stereocenters. The number of fused-ring (bicyclic) bond motifs is 1. The average molecular weight is 266 g/mol. The van der Waals surface area contributed by atoms with Crippen LogP contribution >= 0.6 is 11.6 Å². The Bertz CT molecular complexity index is 431. The van der Waals surface area contributed by atoms with Crippen LogP contribution in [0.25, 0.3) is 0 Å². The summed E-state index contributed by atoms with van der Waals surface area (Å²) >= 11 is 6.10. The molecule has 0 bridgehead atoms. The zero-order chi connectivity index (χ0) is 12.5. The Morgan fingerprint density at radius 1 is 1.39 bits per heavy atom. The summed E-state index contributed by atoms with van der Waals surface area (Å²) in [5, 5.41) is 4.36. The molecule has 0 amide bonds. The molecule has 1 aliphatic heterocycles. The Morgan fingerprint density at radius 3 is 2.89 bits per heavy atom. The molecule has 2 nitrogen and oxygen atoms in total. The Labute approximate surface area is 114 Å². The third kappa shape index (κ3) is 2.24. The van der Waals surface area contributed by atoms with E-state index in [2.05, 4.69) is 12.2 Å². The van der Waals surface area contributed by atoms with Gasteiger partial charge in [-0.3, -0.25) is 0 Å². The van der Waals surface area contributed by atoms with Crippen LogP contribution in [0, 0.1) is 5.92 Å². The molecular weight excluding hydrogens is 246 g/mol. The lowest BCUT2D eigenvalue weighted by molar-refractivity contribution is 0.0533. The van der Waals surface area contributed by atoms with E-state index in [9.17, 15) is 0 Å². The number of hydrogen-bond acceptors (Lipinski definition) is 2. The van der Waals surface area contributed by atoms with E-state index in [0.717, 1.165) is 29.7 Å². The minimum Gasteiger partial charge on any atom is -0.490 e. The first-order valence-corrected chi connectivity index (χ1v) is 7.35.